The molecule has 3 aliphatic rings. The summed E-state index contributed by atoms with van der Waals surface area (Å²) in [5, 5.41) is 13.0. The standard InChI is InChI=1S/C5H9NO.C4H8N2O.C4H6N2O/c7-5-3-1-2-4-6-5;2*7-4-5-2-1-3-6-4/h1-4H2,(H,6,7);1-3H2,(H2,5,6,7);1-2H,3H2,(H2,5,6,7). The van der Waals surface area contributed by atoms with Gasteiger partial charge in [-0.05, 0) is 25.3 Å². The molecule has 5 N–H and O–H groups in total. The summed E-state index contributed by atoms with van der Waals surface area (Å²) in [4.78, 5) is 30.8. The van der Waals surface area contributed by atoms with Crippen molar-refractivity contribution in [1.82, 2.24) is 26.6 Å². The van der Waals surface area contributed by atoms with Gasteiger partial charge in [0, 0.05) is 38.8 Å². The number of carbonyl (C=O) groups is 3. The van der Waals surface area contributed by atoms with E-state index in [1.165, 1.54) is 0 Å². The van der Waals surface area contributed by atoms with E-state index in [1.54, 1.807) is 6.20 Å². The lowest BCUT2D eigenvalue weighted by Crippen LogP contribution is -2.42. The van der Waals surface area contributed by atoms with Crippen molar-refractivity contribution in [3.05, 3.63) is 12.3 Å². The van der Waals surface area contributed by atoms with Crippen LogP contribution in [-0.2, 0) is 4.79 Å². The molecule has 8 heteroatoms. The van der Waals surface area contributed by atoms with Crippen LogP contribution in [0.25, 0.3) is 0 Å². The maximum absolute atomic E-state index is 10.4. The van der Waals surface area contributed by atoms with Crippen molar-refractivity contribution in [1.29, 1.82) is 0 Å². The van der Waals surface area contributed by atoms with E-state index in [4.69, 9.17) is 0 Å². The van der Waals surface area contributed by atoms with Gasteiger partial charge >= 0.3 is 12.1 Å². The Morgan fingerprint density at radius 1 is 0.762 bits per heavy atom. The van der Waals surface area contributed by atoms with Crippen molar-refractivity contribution in [2.75, 3.05) is 26.2 Å². The molecule has 0 unspecified atom stereocenters. The molecule has 0 spiro atoms. The second kappa shape index (κ2) is 10.5. The summed E-state index contributed by atoms with van der Waals surface area (Å²) in [5.41, 5.74) is 0. The molecule has 8 nitrogen and oxygen atoms in total. The lowest BCUT2D eigenvalue weighted by atomic mass is 10.2. The van der Waals surface area contributed by atoms with Crippen molar-refractivity contribution >= 4 is 18.0 Å². The van der Waals surface area contributed by atoms with Crippen LogP contribution in [0, 0.1) is 0 Å². The highest BCUT2D eigenvalue weighted by atomic mass is 16.2. The van der Waals surface area contributed by atoms with Crippen LogP contribution < -0.4 is 26.6 Å². The number of hydrogen-bond acceptors (Lipinski definition) is 3. The number of nitrogens with one attached hydrogen (secondary N) is 5. The monoisotopic (exact) mass is 297 g/mol. The summed E-state index contributed by atoms with van der Waals surface area (Å²) in [5.74, 6) is 0.214. The Bertz CT molecular complexity index is 346. The maximum Gasteiger partial charge on any atom is 0.319 e. The summed E-state index contributed by atoms with van der Waals surface area (Å²) in [6, 6.07) is -0.159. The number of rotatable bonds is 0. The Kier molecular flexibility index (Phi) is 8.42. The average molecular weight is 297 g/mol. The highest BCUT2D eigenvalue weighted by molar-refractivity contribution is 5.76. The van der Waals surface area contributed by atoms with Crippen LogP contribution in [0.1, 0.15) is 25.7 Å². The van der Waals surface area contributed by atoms with Crippen LogP contribution in [0.2, 0.25) is 0 Å². The van der Waals surface area contributed by atoms with Gasteiger partial charge < -0.3 is 26.6 Å². The third-order valence-electron chi connectivity index (χ3n) is 2.79. The van der Waals surface area contributed by atoms with Crippen molar-refractivity contribution < 1.29 is 14.4 Å². The van der Waals surface area contributed by atoms with E-state index in [2.05, 4.69) is 26.6 Å². The van der Waals surface area contributed by atoms with Gasteiger partial charge in [-0.3, -0.25) is 4.79 Å². The van der Waals surface area contributed by atoms with Gasteiger partial charge in [0.15, 0.2) is 0 Å². The molecule has 0 aliphatic carbocycles. The largest absolute Gasteiger partial charge is 0.356 e. The summed E-state index contributed by atoms with van der Waals surface area (Å²) in [7, 11) is 0. The minimum atomic E-state index is -0.123. The molecule has 0 atom stereocenters. The first-order chi connectivity index (χ1) is 10.2. The highest BCUT2D eigenvalue weighted by Gasteiger charge is 2.04. The molecule has 2 fully saturated rings. The number of urea groups is 2. The number of hydrogen-bond donors (Lipinski definition) is 5. The summed E-state index contributed by atoms with van der Waals surface area (Å²) in [6.45, 7) is 3.18. The Balaban J connectivity index is 0.000000157. The van der Waals surface area contributed by atoms with E-state index < -0.39 is 0 Å². The van der Waals surface area contributed by atoms with Gasteiger partial charge in [0.25, 0.3) is 0 Å². The summed E-state index contributed by atoms with van der Waals surface area (Å²) in [6.07, 6.45) is 7.48. The average Bonchev–Trinajstić information content (AvgIpc) is 2.51. The fraction of sp³-hybridized carbons (Fsp3) is 0.615. The molecule has 3 heterocycles. The summed E-state index contributed by atoms with van der Waals surface area (Å²) < 4.78 is 0. The van der Waals surface area contributed by atoms with Gasteiger partial charge in [-0.1, -0.05) is 0 Å². The number of carbonyl (C=O) groups excluding carboxylic acids is 3. The normalized spacial score (nSPS) is 19.9. The first-order valence-electron chi connectivity index (χ1n) is 7.16. The molecule has 0 aromatic carbocycles. The lowest BCUT2D eigenvalue weighted by molar-refractivity contribution is -0.122. The molecule has 0 bridgehead atoms. The molecule has 0 saturated carbocycles. The van der Waals surface area contributed by atoms with E-state index in [9.17, 15) is 14.4 Å². The lowest BCUT2D eigenvalue weighted by Gasteiger charge is -2.11. The number of piperidine rings is 1. The molecule has 0 aromatic rings. The Hall–Kier alpha value is -2.25. The molecule has 21 heavy (non-hydrogen) atoms. The second-order valence-electron chi connectivity index (χ2n) is 4.60. The minimum absolute atomic E-state index is 0.0359. The molecule has 2 saturated heterocycles. The molecule has 0 radical (unpaired) electrons. The molecular formula is C13H23N5O3. The van der Waals surface area contributed by atoms with Crippen LogP contribution in [0.15, 0.2) is 12.3 Å². The highest BCUT2D eigenvalue weighted by Crippen LogP contribution is 1.98. The minimum Gasteiger partial charge on any atom is -0.356 e. The number of amides is 5. The predicted octanol–water partition coefficient (Wildman–Crippen LogP) is -0.211. The Labute approximate surface area is 124 Å². The molecule has 0 aromatic heterocycles. The predicted molar refractivity (Wildman–Crippen MR) is 78.6 cm³/mol. The van der Waals surface area contributed by atoms with Crippen LogP contribution >= 0.6 is 0 Å². The molecular weight excluding hydrogens is 274 g/mol. The third kappa shape index (κ3) is 9.31. The van der Waals surface area contributed by atoms with Crippen LogP contribution in [0.5, 0.6) is 0 Å². The van der Waals surface area contributed by atoms with Crippen molar-refractivity contribution in [2.45, 2.75) is 25.7 Å². The zero-order valence-corrected chi connectivity index (χ0v) is 12.0. The van der Waals surface area contributed by atoms with Gasteiger partial charge in [-0.2, -0.15) is 0 Å². The zero-order valence-electron chi connectivity index (χ0n) is 12.0. The van der Waals surface area contributed by atoms with E-state index in [1.807, 2.05) is 6.08 Å². The van der Waals surface area contributed by atoms with Gasteiger partial charge in [-0.25, -0.2) is 9.59 Å². The van der Waals surface area contributed by atoms with Crippen molar-refractivity contribution in [3.63, 3.8) is 0 Å². The first-order valence-corrected chi connectivity index (χ1v) is 7.16. The van der Waals surface area contributed by atoms with E-state index in [-0.39, 0.29) is 18.0 Å². The second-order valence-corrected chi connectivity index (χ2v) is 4.60. The Morgan fingerprint density at radius 2 is 1.48 bits per heavy atom. The van der Waals surface area contributed by atoms with Gasteiger partial charge in [-0.15, -0.1) is 0 Å². The van der Waals surface area contributed by atoms with E-state index >= 15 is 0 Å². The van der Waals surface area contributed by atoms with Gasteiger partial charge in [0.1, 0.15) is 0 Å². The molecule has 3 rings (SSSR count). The third-order valence-corrected chi connectivity index (χ3v) is 2.79. The van der Waals surface area contributed by atoms with Crippen LogP contribution in [0.3, 0.4) is 0 Å². The Morgan fingerprint density at radius 3 is 1.76 bits per heavy atom. The smallest absolute Gasteiger partial charge is 0.319 e. The quantitative estimate of drug-likeness (QED) is 0.426. The van der Waals surface area contributed by atoms with Crippen LogP contribution in [0.4, 0.5) is 9.59 Å². The molecule has 5 amide bonds. The fourth-order valence-electron chi connectivity index (χ4n) is 1.68. The SMILES string of the molecule is O=C1CCCCN1.O=C1NC=CCN1.O=C1NCCCN1. The summed E-state index contributed by atoms with van der Waals surface area (Å²) >= 11 is 0. The van der Waals surface area contributed by atoms with E-state index in [0.29, 0.717) is 6.54 Å². The van der Waals surface area contributed by atoms with Gasteiger partial charge in [0.05, 0.1) is 0 Å². The zero-order chi connectivity index (χ0) is 15.3. The van der Waals surface area contributed by atoms with Crippen molar-refractivity contribution in [2.24, 2.45) is 0 Å². The van der Waals surface area contributed by atoms with E-state index in [0.717, 1.165) is 45.3 Å². The maximum atomic E-state index is 10.4. The topological polar surface area (TPSA) is 111 Å². The van der Waals surface area contributed by atoms with Crippen molar-refractivity contribution in [3.8, 4) is 0 Å². The fourth-order valence-corrected chi connectivity index (χ4v) is 1.68. The first kappa shape index (κ1) is 16.8. The molecule has 3 aliphatic heterocycles. The van der Waals surface area contributed by atoms with Gasteiger partial charge in [0.2, 0.25) is 5.91 Å². The van der Waals surface area contributed by atoms with Crippen LogP contribution in [-0.4, -0.2) is 44.1 Å². The molecule has 118 valence electrons.